The van der Waals surface area contributed by atoms with E-state index in [9.17, 15) is 4.79 Å². The molecule has 0 bridgehead atoms. The maximum atomic E-state index is 10.6. The van der Waals surface area contributed by atoms with Crippen molar-refractivity contribution in [3.8, 4) is 11.1 Å². The fourth-order valence-corrected chi connectivity index (χ4v) is 3.10. The summed E-state index contributed by atoms with van der Waals surface area (Å²) in [4.78, 5) is 10.6. The Morgan fingerprint density at radius 2 is 1.53 bits per heavy atom. The third-order valence-electron chi connectivity index (χ3n) is 4.10. The Hall–Kier alpha value is -1.19. The normalized spacial score (nSPS) is 9.80. The number of amides is 1. The van der Waals surface area contributed by atoms with Crippen LogP contribution >= 0.6 is 17.0 Å². The molecule has 3 aromatic rings. The van der Waals surface area contributed by atoms with E-state index in [1.54, 1.807) is 12.1 Å². The van der Waals surface area contributed by atoms with Gasteiger partial charge >= 0.3 is 37.9 Å². The molecule has 1 amide bonds. The Labute approximate surface area is 201 Å². The predicted molar refractivity (Wildman–Crippen MR) is 129 cm³/mol. The summed E-state index contributed by atoms with van der Waals surface area (Å²) in [6, 6.07) is 23.5. The monoisotopic (exact) mass is 532 g/mol. The van der Waals surface area contributed by atoms with Crippen LogP contribution in [0.1, 0.15) is 32.6 Å². The summed E-state index contributed by atoms with van der Waals surface area (Å²) in [5.41, 5.74) is 14.9. The van der Waals surface area contributed by atoms with Gasteiger partial charge in [-0.3, -0.25) is 0 Å². The van der Waals surface area contributed by atoms with Gasteiger partial charge in [0.2, 0.25) is 0 Å². The number of rotatable bonds is 1. The molecule has 0 spiro atoms. The topological polar surface area (TPSA) is 40.9 Å². The van der Waals surface area contributed by atoms with E-state index in [2.05, 4.69) is 55.6 Å². The maximum Gasteiger partial charge on any atom is -0.0253 e. The fraction of sp³-hybridized carbons (Fsp3) is 0.208. The first-order chi connectivity index (χ1) is 14.4. The van der Waals surface area contributed by atoms with Crippen LogP contribution in [0.3, 0.4) is 0 Å². The number of hydrogen-bond acceptors (Lipinski definition) is 1. The number of nitrogens with one attached hydrogen (secondary N) is 1. The molecule has 0 saturated carbocycles. The molecule has 0 aliphatic heterocycles. The molecule has 0 saturated heterocycles. The SMILES string of the molecule is C[SiH]C.Cc1cc(C)cc(C([NH-])=O)c1.[Cl][Zr+2][Cl].[c-]1cccc2c1Cc1ccccc1-2. The number of carbonyl (C=O) groups excluding carboxylic acids is 1. The van der Waals surface area contributed by atoms with Crippen molar-refractivity contribution >= 4 is 32.5 Å². The molecule has 4 rings (SSSR count). The van der Waals surface area contributed by atoms with E-state index in [1.165, 1.54) is 22.3 Å². The van der Waals surface area contributed by atoms with Gasteiger partial charge in [-0.1, -0.05) is 77.8 Å². The van der Waals surface area contributed by atoms with E-state index < -0.39 is 26.8 Å². The summed E-state index contributed by atoms with van der Waals surface area (Å²) in [6.45, 7) is 8.25. The van der Waals surface area contributed by atoms with Crippen molar-refractivity contribution in [1.29, 1.82) is 0 Å². The molecule has 0 atom stereocenters. The van der Waals surface area contributed by atoms with Crippen LogP contribution in [-0.2, 0) is 27.3 Å². The van der Waals surface area contributed by atoms with Gasteiger partial charge in [0.15, 0.2) is 0 Å². The van der Waals surface area contributed by atoms with Gasteiger partial charge in [0.05, 0.1) is 5.91 Å². The molecule has 3 aromatic carbocycles. The van der Waals surface area contributed by atoms with Crippen molar-refractivity contribution in [2.45, 2.75) is 33.4 Å². The molecule has 1 aliphatic rings. The van der Waals surface area contributed by atoms with Gasteiger partial charge in [0, 0.05) is 9.52 Å². The molecule has 1 radical (unpaired) electrons. The van der Waals surface area contributed by atoms with Crippen LogP contribution in [0.25, 0.3) is 16.9 Å². The molecule has 1 N–H and O–H groups in total. The van der Waals surface area contributed by atoms with Crippen molar-refractivity contribution in [3.63, 3.8) is 0 Å². The van der Waals surface area contributed by atoms with Crippen LogP contribution in [0.15, 0.2) is 60.7 Å². The minimum atomic E-state index is -0.826. The molecule has 6 heteroatoms. The van der Waals surface area contributed by atoms with Crippen LogP contribution in [0.2, 0.25) is 13.1 Å². The van der Waals surface area contributed by atoms with Crippen LogP contribution in [0.4, 0.5) is 0 Å². The van der Waals surface area contributed by atoms with Gasteiger partial charge in [0.1, 0.15) is 0 Å². The van der Waals surface area contributed by atoms with E-state index in [0.717, 1.165) is 27.1 Å². The molecular weight excluding hydrogens is 508 g/mol. The van der Waals surface area contributed by atoms with E-state index in [4.69, 9.17) is 22.8 Å². The van der Waals surface area contributed by atoms with Crippen LogP contribution in [0.5, 0.6) is 0 Å². The maximum absolute atomic E-state index is 10.6. The molecule has 0 unspecified atom stereocenters. The molecule has 0 heterocycles. The summed E-state index contributed by atoms with van der Waals surface area (Å²) in [6.07, 6.45) is 1.05. The van der Waals surface area contributed by atoms with Gasteiger partial charge < -0.3 is 10.5 Å². The summed E-state index contributed by atoms with van der Waals surface area (Å²) in [5, 5.41) is 0. The number of benzene rings is 3. The smallest absolute Gasteiger partial charge is 0.0253 e. The number of halogens is 2. The minimum Gasteiger partial charge on any atom is -0.179 e. The summed E-state index contributed by atoms with van der Waals surface area (Å²) in [5.74, 6) is -0.614. The summed E-state index contributed by atoms with van der Waals surface area (Å²) < 4.78 is 0. The molecule has 30 heavy (non-hydrogen) atoms. The molecular formula is C24H26Cl2NOSiZr. The quantitative estimate of drug-likeness (QED) is 0.185. The Kier molecular flexibility index (Phi) is 13.2. The van der Waals surface area contributed by atoms with Gasteiger partial charge in [-0.15, -0.1) is 5.56 Å². The van der Waals surface area contributed by atoms with Gasteiger partial charge in [-0.2, -0.15) is 29.8 Å². The van der Waals surface area contributed by atoms with E-state index >= 15 is 0 Å². The third-order valence-corrected chi connectivity index (χ3v) is 4.10. The number of hydrogen-bond donors (Lipinski definition) is 0. The first-order valence-corrected chi connectivity index (χ1v) is 18.1. The number of carbonyl (C=O) groups is 1. The van der Waals surface area contributed by atoms with Crippen LogP contribution in [-0.4, -0.2) is 15.4 Å². The standard InChI is InChI=1S/C13H9.C9H11NO.C2H7Si.2ClH.Zr/c1-3-7-12-10(5-1)9-11-6-2-4-8-13(11)12;1-6-3-7(2)5-8(4-6)9(10)11;1-3-2;;;/h1-5,7-8H,9H2;3-5H,1-2H3,(H2,10,11);3H,1-2H3;2*1H;/q-1;;;;;+4/p-3. The van der Waals surface area contributed by atoms with Gasteiger partial charge in [-0.05, 0) is 25.8 Å². The van der Waals surface area contributed by atoms with Crippen LogP contribution in [0, 0.1) is 19.9 Å². The zero-order chi connectivity index (χ0) is 22.5. The van der Waals surface area contributed by atoms with Crippen molar-refractivity contribution < 1.29 is 25.6 Å². The van der Waals surface area contributed by atoms with E-state index in [1.807, 2.05) is 26.0 Å². The molecule has 155 valence electrons. The first kappa shape index (κ1) is 26.8. The Balaban J connectivity index is 0.000000241. The zero-order valence-electron chi connectivity index (χ0n) is 17.7. The number of aryl methyl sites for hydroxylation is 2. The Morgan fingerprint density at radius 3 is 2.10 bits per heavy atom. The molecule has 2 nitrogen and oxygen atoms in total. The van der Waals surface area contributed by atoms with E-state index in [0.29, 0.717) is 5.56 Å². The molecule has 0 fully saturated rings. The predicted octanol–water partition coefficient (Wildman–Crippen LogP) is 7.45. The average molecular weight is 535 g/mol. The summed E-state index contributed by atoms with van der Waals surface area (Å²) >= 11 is -0.826. The van der Waals surface area contributed by atoms with Crippen molar-refractivity contribution in [2.75, 3.05) is 0 Å². The van der Waals surface area contributed by atoms with Gasteiger partial charge in [0.25, 0.3) is 0 Å². The van der Waals surface area contributed by atoms with Crippen molar-refractivity contribution in [3.05, 3.63) is 100 Å². The largest absolute Gasteiger partial charge is 0.179 e. The second-order valence-corrected chi connectivity index (χ2v) is 11.6. The third kappa shape index (κ3) is 8.89. The van der Waals surface area contributed by atoms with Gasteiger partial charge in [-0.25, -0.2) is 0 Å². The molecule has 0 aromatic heterocycles. The van der Waals surface area contributed by atoms with E-state index in [-0.39, 0.29) is 0 Å². The Bertz CT molecular complexity index is 884. The Morgan fingerprint density at radius 1 is 1.00 bits per heavy atom. The van der Waals surface area contributed by atoms with Crippen LogP contribution < -0.4 is 0 Å². The average Bonchev–Trinajstić information content (AvgIpc) is 3.08. The fourth-order valence-electron chi connectivity index (χ4n) is 3.10. The molecule has 1 aliphatic carbocycles. The summed E-state index contributed by atoms with van der Waals surface area (Å²) in [7, 11) is 10.6. The number of fused-ring (bicyclic) bond motifs is 3. The second-order valence-electron chi connectivity index (χ2n) is 6.75. The zero-order valence-corrected chi connectivity index (χ0v) is 22.8. The minimum absolute atomic E-state index is 0.475. The first-order valence-electron chi connectivity index (χ1n) is 9.50. The van der Waals surface area contributed by atoms with Crippen molar-refractivity contribution in [2.24, 2.45) is 0 Å². The van der Waals surface area contributed by atoms with Crippen molar-refractivity contribution in [1.82, 2.24) is 0 Å². The second kappa shape index (κ2) is 14.8.